The predicted octanol–water partition coefficient (Wildman–Crippen LogP) is 2.28. The average molecular weight is 360 g/mol. The van der Waals surface area contributed by atoms with Gasteiger partial charge in [0.15, 0.2) is 5.82 Å². The van der Waals surface area contributed by atoms with Crippen molar-refractivity contribution < 1.29 is 18.5 Å². The number of aromatic nitrogens is 2. The lowest BCUT2D eigenvalue weighted by Crippen LogP contribution is -2.18. The molecule has 0 saturated heterocycles. The van der Waals surface area contributed by atoms with Gasteiger partial charge in [-0.1, -0.05) is 11.6 Å². The Kier molecular flexibility index (Phi) is 4.16. The van der Waals surface area contributed by atoms with Gasteiger partial charge in [0.25, 0.3) is 5.91 Å². The Bertz CT molecular complexity index is 904. The molecule has 6 nitrogen and oxygen atoms in total. The molecule has 0 bridgehead atoms. The Hall–Kier alpha value is -1.51. The van der Waals surface area contributed by atoms with Crippen LogP contribution in [-0.4, -0.2) is 42.4 Å². The van der Waals surface area contributed by atoms with E-state index in [0.717, 1.165) is 0 Å². The van der Waals surface area contributed by atoms with Gasteiger partial charge in [-0.25, -0.2) is 13.1 Å². The van der Waals surface area contributed by atoms with Gasteiger partial charge in [-0.2, -0.15) is 9.46 Å². The van der Waals surface area contributed by atoms with Crippen molar-refractivity contribution >= 4 is 32.8 Å². The average Bonchev–Trinajstić information content (AvgIpc) is 3.09. The molecule has 23 heavy (non-hydrogen) atoms. The Morgan fingerprint density at radius 1 is 1.57 bits per heavy atom. The highest BCUT2D eigenvalue weighted by Crippen LogP contribution is 2.27. The molecule has 2 aromatic heterocycles. The van der Waals surface area contributed by atoms with E-state index in [9.17, 15) is 18.5 Å². The maximum atomic E-state index is 14.1. The Labute approximate surface area is 137 Å². The number of aliphatic hydroxyl groups excluding tert-OH is 1. The SMILES string of the molecule is CS(=O)(=NC(=O)c1cnn2ccc(Cl)c(F)c12)C1CCC(O)C1. The summed E-state index contributed by atoms with van der Waals surface area (Å²) in [6.07, 6.45) is 4.92. The van der Waals surface area contributed by atoms with Crippen molar-refractivity contribution in [3.63, 3.8) is 0 Å². The van der Waals surface area contributed by atoms with Gasteiger partial charge in [0.2, 0.25) is 0 Å². The van der Waals surface area contributed by atoms with E-state index in [4.69, 9.17) is 11.6 Å². The first-order valence-electron chi connectivity index (χ1n) is 7.04. The fourth-order valence-electron chi connectivity index (χ4n) is 2.78. The van der Waals surface area contributed by atoms with Crippen LogP contribution in [0.15, 0.2) is 22.8 Å². The molecule has 1 N–H and O–H groups in total. The van der Waals surface area contributed by atoms with Crippen LogP contribution in [0, 0.1) is 5.82 Å². The van der Waals surface area contributed by atoms with Gasteiger partial charge in [-0.3, -0.25) is 4.79 Å². The zero-order valence-electron chi connectivity index (χ0n) is 12.3. The first-order chi connectivity index (χ1) is 10.8. The van der Waals surface area contributed by atoms with Crippen LogP contribution < -0.4 is 0 Å². The maximum absolute atomic E-state index is 14.1. The molecular formula is C14H15ClFN3O3S. The fraction of sp³-hybridized carbons (Fsp3) is 0.429. The third kappa shape index (κ3) is 2.98. The quantitative estimate of drug-likeness (QED) is 0.891. The fourth-order valence-corrected chi connectivity index (χ4v) is 4.65. The smallest absolute Gasteiger partial charge is 0.289 e. The van der Waals surface area contributed by atoms with Gasteiger partial charge in [-0.05, 0) is 25.3 Å². The van der Waals surface area contributed by atoms with E-state index in [-0.39, 0.29) is 21.4 Å². The molecule has 0 radical (unpaired) electrons. The van der Waals surface area contributed by atoms with E-state index in [1.807, 2.05) is 0 Å². The molecule has 0 aromatic carbocycles. The van der Waals surface area contributed by atoms with Crippen LogP contribution in [0.5, 0.6) is 0 Å². The van der Waals surface area contributed by atoms with Gasteiger partial charge in [0, 0.05) is 17.7 Å². The first kappa shape index (κ1) is 16.4. The van der Waals surface area contributed by atoms with Crippen LogP contribution >= 0.6 is 11.6 Å². The Morgan fingerprint density at radius 2 is 2.30 bits per heavy atom. The lowest BCUT2D eigenvalue weighted by Gasteiger charge is -2.11. The molecule has 1 amide bonds. The predicted molar refractivity (Wildman–Crippen MR) is 84.6 cm³/mol. The molecule has 0 spiro atoms. The molecule has 1 fully saturated rings. The first-order valence-corrected chi connectivity index (χ1v) is 9.41. The minimum absolute atomic E-state index is 0.0851. The van der Waals surface area contributed by atoms with Crippen LogP contribution in [0.3, 0.4) is 0 Å². The molecule has 9 heteroatoms. The molecule has 2 heterocycles. The van der Waals surface area contributed by atoms with Crippen LogP contribution in [0.25, 0.3) is 5.52 Å². The Morgan fingerprint density at radius 3 is 2.96 bits per heavy atom. The number of amides is 1. The molecule has 2 aromatic rings. The van der Waals surface area contributed by atoms with Crippen LogP contribution in [0.1, 0.15) is 29.6 Å². The van der Waals surface area contributed by atoms with E-state index in [2.05, 4.69) is 9.46 Å². The van der Waals surface area contributed by atoms with E-state index in [0.29, 0.717) is 19.3 Å². The van der Waals surface area contributed by atoms with Gasteiger partial charge < -0.3 is 5.11 Å². The third-order valence-corrected chi connectivity index (χ3v) is 6.53. The lowest BCUT2D eigenvalue weighted by atomic mass is 10.2. The van der Waals surface area contributed by atoms with Crippen molar-refractivity contribution in [3.8, 4) is 0 Å². The zero-order chi connectivity index (χ0) is 16.8. The third-order valence-electron chi connectivity index (χ3n) is 4.05. The van der Waals surface area contributed by atoms with Crippen LogP contribution in [0.4, 0.5) is 4.39 Å². The van der Waals surface area contributed by atoms with E-state index < -0.39 is 27.6 Å². The second kappa shape index (κ2) is 5.85. The van der Waals surface area contributed by atoms with E-state index >= 15 is 0 Å². The second-order valence-electron chi connectivity index (χ2n) is 5.68. The number of hydrogen-bond donors (Lipinski definition) is 1. The summed E-state index contributed by atoms with van der Waals surface area (Å²) in [7, 11) is -2.84. The summed E-state index contributed by atoms with van der Waals surface area (Å²) in [6, 6.07) is 1.32. The molecule has 1 saturated carbocycles. The summed E-state index contributed by atoms with van der Waals surface area (Å²) < 4.78 is 31.8. The molecule has 1 aliphatic rings. The maximum Gasteiger partial charge on any atom is 0.289 e. The van der Waals surface area contributed by atoms with Crippen LogP contribution in [-0.2, 0) is 9.73 Å². The van der Waals surface area contributed by atoms with Gasteiger partial charge in [0.1, 0.15) is 5.52 Å². The summed E-state index contributed by atoms with van der Waals surface area (Å²) in [5.41, 5.74) is -0.175. The normalized spacial score (nSPS) is 23.8. The van der Waals surface area contributed by atoms with Crippen molar-refractivity contribution in [2.75, 3.05) is 6.26 Å². The monoisotopic (exact) mass is 359 g/mol. The van der Waals surface area contributed by atoms with Crippen molar-refractivity contribution in [3.05, 3.63) is 34.9 Å². The minimum atomic E-state index is -2.84. The van der Waals surface area contributed by atoms with Gasteiger partial charge in [0.05, 0.1) is 32.6 Å². The number of carbonyl (C=O) groups excluding carboxylic acids is 1. The molecular weight excluding hydrogens is 345 g/mol. The van der Waals surface area contributed by atoms with Crippen LogP contribution in [0.2, 0.25) is 5.02 Å². The molecule has 1 aliphatic carbocycles. The highest BCUT2D eigenvalue weighted by atomic mass is 35.5. The number of nitrogens with zero attached hydrogens (tertiary/aromatic N) is 3. The number of halogens is 2. The van der Waals surface area contributed by atoms with E-state index in [1.165, 1.54) is 29.2 Å². The number of pyridine rings is 1. The van der Waals surface area contributed by atoms with Gasteiger partial charge >= 0.3 is 0 Å². The van der Waals surface area contributed by atoms with Crippen molar-refractivity contribution in [2.45, 2.75) is 30.6 Å². The largest absolute Gasteiger partial charge is 0.393 e. The number of carbonyl (C=O) groups is 1. The number of fused-ring (bicyclic) bond motifs is 1. The molecule has 124 valence electrons. The number of hydrogen-bond acceptors (Lipinski definition) is 4. The minimum Gasteiger partial charge on any atom is -0.393 e. The highest BCUT2D eigenvalue weighted by molar-refractivity contribution is 7.93. The summed E-state index contributed by atoms with van der Waals surface area (Å²) in [6.45, 7) is 0. The summed E-state index contributed by atoms with van der Waals surface area (Å²) >= 11 is 5.73. The lowest BCUT2D eigenvalue weighted by molar-refractivity contribution is 0.101. The number of aliphatic hydroxyl groups is 1. The summed E-state index contributed by atoms with van der Waals surface area (Å²) in [5, 5.41) is 13.0. The second-order valence-corrected chi connectivity index (χ2v) is 8.65. The highest BCUT2D eigenvalue weighted by Gasteiger charge is 2.30. The standard InChI is InChI=1S/C14H15ClFN3O3S/c1-23(22,9-3-2-8(20)6-9)18-14(21)10-7-17-19-5-4-11(15)12(16)13(10)19/h4-5,7-9,20H,2-3,6H2,1H3. The molecule has 0 aliphatic heterocycles. The topological polar surface area (TPSA) is 84.0 Å². The molecule has 3 unspecified atom stereocenters. The summed E-state index contributed by atoms with van der Waals surface area (Å²) in [4.78, 5) is 12.4. The number of rotatable bonds is 2. The zero-order valence-corrected chi connectivity index (χ0v) is 13.9. The van der Waals surface area contributed by atoms with Gasteiger partial charge in [-0.15, -0.1) is 0 Å². The molecule has 3 rings (SSSR count). The molecule has 3 atom stereocenters. The summed E-state index contributed by atoms with van der Waals surface area (Å²) in [5.74, 6) is -1.57. The Balaban J connectivity index is 2.03. The van der Waals surface area contributed by atoms with E-state index in [1.54, 1.807) is 0 Å². The van der Waals surface area contributed by atoms with Crippen molar-refractivity contribution in [1.82, 2.24) is 9.61 Å². The van der Waals surface area contributed by atoms with Crippen molar-refractivity contribution in [1.29, 1.82) is 0 Å². The van der Waals surface area contributed by atoms with Crippen molar-refractivity contribution in [2.24, 2.45) is 4.36 Å².